The topological polar surface area (TPSA) is 86.0 Å². The van der Waals surface area contributed by atoms with Crippen LogP contribution in [0.4, 0.5) is 0 Å². The number of aliphatic hydroxyl groups is 1. The molecule has 0 saturated heterocycles. The van der Waals surface area contributed by atoms with Gasteiger partial charge >= 0.3 is 0 Å². The molecular weight excluding hydrogens is 358 g/mol. The minimum atomic E-state index is -0.772. The van der Waals surface area contributed by atoms with Gasteiger partial charge in [0.25, 0.3) is 0 Å². The Morgan fingerprint density at radius 1 is 1.29 bits per heavy atom. The maximum atomic E-state index is 13.0. The fourth-order valence-electron chi connectivity index (χ4n) is 4.46. The van der Waals surface area contributed by atoms with Gasteiger partial charge in [0.1, 0.15) is 17.0 Å². The molecule has 1 N–H and O–H groups in total. The van der Waals surface area contributed by atoms with Gasteiger partial charge in [0.2, 0.25) is 5.91 Å². The second-order valence-corrected chi connectivity index (χ2v) is 7.70. The molecule has 7 heteroatoms. The van der Waals surface area contributed by atoms with Crippen LogP contribution < -0.4 is 9.47 Å². The molecule has 0 bridgehead atoms. The number of β-amino-alcohol motifs (C(OH)–C–C–N with tert-alkyl or cyclic N) is 1. The molecule has 0 spiro atoms. The van der Waals surface area contributed by atoms with E-state index in [-0.39, 0.29) is 12.5 Å². The maximum Gasteiger partial charge on any atom is 0.237 e. The number of methoxy groups -OCH3 is 2. The SMILES string of the molecule is COc1ccc(OC)c2c1CN(CC(=O)N(C)C1(C#N)CCCCC1)C[C@@H]2O. The zero-order valence-electron chi connectivity index (χ0n) is 16.9. The lowest BCUT2D eigenvalue weighted by Gasteiger charge is -2.40. The summed E-state index contributed by atoms with van der Waals surface area (Å²) >= 11 is 0. The number of amides is 1. The Bertz CT molecular complexity index is 768. The van der Waals surface area contributed by atoms with Crippen LogP contribution in [0.5, 0.6) is 11.5 Å². The molecule has 1 saturated carbocycles. The van der Waals surface area contributed by atoms with E-state index in [1.54, 1.807) is 32.2 Å². The molecule has 1 aliphatic carbocycles. The molecule has 0 unspecified atom stereocenters. The van der Waals surface area contributed by atoms with Gasteiger partial charge in [0.15, 0.2) is 0 Å². The van der Waals surface area contributed by atoms with E-state index in [1.807, 2.05) is 11.0 Å². The molecule has 1 aromatic carbocycles. The number of benzene rings is 1. The van der Waals surface area contributed by atoms with Gasteiger partial charge < -0.3 is 19.5 Å². The van der Waals surface area contributed by atoms with Crippen LogP contribution in [0.25, 0.3) is 0 Å². The lowest BCUT2D eigenvalue weighted by molar-refractivity contribution is -0.136. The Balaban J connectivity index is 1.78. The Labute approximate surface area is 166 Å². The Morgan fingerprint density at radius 2 is 1.93 bits per heavy atom. The monoisotopic (exact) mass is 387 g/mol. The van der Waals surface area contributed by atoms with Gasteiger partial charge in [-0.1, -0.05) is 19.3 Å². The van der Waals surface area contributed by atoms with Crippen LogP contribution in [0.15, 0.2) is 12.1 Å². The van der Waals surface area contributed by atoms with E-state index in [0.717, 1.165) is 43.2 Å². The second-order valence-electron chi connectivity index (χ2n) is 7.70. The number of likely N-dealkylation sites (N-methyl/N-ethyl adjacent to an activating group) is 1. The van der Waals surface area contributed by atoms with E-state index in [2.05, 4.69) is 6.07 Å². The first kappa shape index (κ1) is 20.4. The van der Waals surface area contributed by atoms with E-state index in [4.69, 9.17) is 9.47 Å². The van der Waals surface area contributed by atoms with Crippen molar-refractivity contribution in [2.75, 3.05) is 34.4 Å². The molecule has 1 atom stereocenters. The van der Waals surface area contributed by atoms with E-state index in [1.165, 1.54) is 0 Å². The third-order valence-electron chi connectivity index (χ3n) is 6.12. The first-order valence-corrected chi connectivity index (χ1v) is 9.78. The Morgan fingerprint density at radius 3 is 2.54 bits per heavy atom. The van der Waals surface area contributed by atoms with Gasteiger partial charge in [-0.25, -0.2) is 0 Å². The highest BCUT2D eigenvalue weighted by Crippen LogP contribution is 2.39. The summed E-state index contributed by atoms with van der Waals surface area (Å²) in [5.74, 6) is 1.19. The molecule has 1 aromatic rings. The molecule has 152 valence electrons. The summed E-state index contributed by atoms with van der Waals surface area (Å²) in [6.45, 7) is 0.957. The van der Waals surface area contributed by atoms with Crippen LogP contribution in [0.1, 0.15) is 49.3 Å². The van der Waals surface area contributed by atoms with Gasteiger partial charge in [-0.15, -0.1) is 0 Å². The number of carbonyl (C=O) groups excluding carboxylic acids is 1. The number of aliphatic hydroxyl groups excluding tert-OH is 1. The van der Waals surface area contributed by atoms with Gasteiger partial charge in [0, 0.05) is 31.3 Å². The predicted octanol–water partition coefficient (Wildman–Crippen LogP) is 2.24. The number of nitriles is 1. The number of rotatable bonds is 5. The molecule has 7 nitrogen and oxygen atoms in total. The summed E-state index contributed by atoms with van der Waals surface area (Å²) in [6, 6.07) is 5.99. The van der Waals surface area contributed by atoms with Gasteiger partial charge in [0.05, 0.1) is 32.9 Å². The lowest BCUT2D eigenvalue weighted by Crippen LogP contribution is -2.53. The molecule has 0 radical (unpaired) electrons. The van der Waals surface area contributed by atoms with Crippen LogP contribution >= 0.6 is 0 Å². The molecular formula is C21H29N3O4. The fourth-order valence-corrected chi connectivity index (χ4v) is 4.46. The number of carbonyl (C=O) groups is 1. The normalized spacial score (nSPS) is 21.3. The molecule has 1 aliphatic heterocycles. The lowest BCUT2D eigenvalue weighted by atomic mass is 9.81. The molecule has 1 heterocycles. The van der Waals surface area contributed by atoms with Crippen molar-refractivity contribution in [3.05, 3.63) is 23.3 Å². The van der Waals surface area contributed by atoms with Crippen molar-refractivity contribution < 1.29 is 19.4 Å². The fraction of sp³-hybridized carbons (Fsp3) is 0.619. The number of fused-ring (bicyclic) bond motifs is 1. The summed E-state index contributed by atoms with van der Waals surface area (Å²) < 4.78 is 10.9. The Kier molecular flexibility index (Phi) is 6.11. The number of hydrogen-bond acceptors (Lipinski definition) is 6. The smallest absolute Gasteiger partial charge is 0.237 e. The van der Waals surface area contributed by atoms with Crippen molar-refractivity contribution in [3.8, 4) is 17.6 Å². The van der Waals surface area contributed by atoms with Gasteiger partial charge in [-0.3, -0.25) is 9.69 Å². The number of hydrogen-bond donors (Lipinski definition) is 1. The average molecular weight is 387 g/mol. The minimum absolute atomic E-state index is 0.0963. The first-order valence-electron chi connectivity index (χ1n) is 9.78. The van der Waals surface area contributed by atoms with Crippen LogP contribution in [0.2, 0.25) is 0 Å². The van der Waals surface area contributed by atoms with E-state index < -0.39 is 11.6 Å². The van der Waals surface area contributed by atoms with Crippen LogP contribution in [0.3, 0.4) is 0 Å². The zero-order valence-corrected chi connectivity index (χ0v) is 16.9. The van der Waals surface area contributed by atoms with E-state index in [9.17, 15) is 15.2 Å². The van der Waals surface area contributed by atoms with Crippen molar-refractivity contribution in [1.82, 2.24) is 9.80 Å². The standard InChI is InChI=1S/C21H29N3O4/c1-23(21(14-22)9-5-4-6-10-21)19(26)13-24-11-15-17(27-2)7-8-18(28-3)20(15)16(25)12-24/h7-8,16,25H,4-6,9-13H2,1-3H3/t16-/m0/s1. The Hall–Kier alpha value is -2.30. The summed E-state index contributed by atoms with van der Waals surface area (Å²) in [6.07, 6.45) is 3.73. The largest absolute Gasteiger partial charge is 0.496 e. The van der Waals surface area contributed by atoms with Crippen molar-refractivity contribution in [1.29, 1.82) is 5.26 Å². The number of ether oxygens (including phenoxy) is 2. The molecule has 1 fully saturated rings. The summed E-state index contributed by atoms with van der Waals surface area (Å²) in [5.41, 5.74) is 0.853. The zero-order chi connectivity index (χ0) is 20.3. The molecule has 28 heavy (non-hydrogen) atoms. The molecule has 2 aliphatic rings. The average Bonchev–Trinajstić information content (AvgIpc) is 2.72. The van der Waals surface area contributed by atoms with Gasteiger partial charge in [-0.05, 0) is 25.0 Å². The van der Waals surface area contributed by atoms with Crippen molar-refractivity contribution in [2.45, 2.75) is 50.3 Å². The number of nitrogens with zero attached hydrogens (tertiary/aromatic N) is 3. The highest BCUT2D eigenvalue weighted by molar-refractivity contribution is 5.79. The van der Waals surface area contributed by atoms with Crippen molar-refractivity contribution >= 4 is 5.91 Å². The van der Waals surface area contributed by atoms with Crippen LogP contribution in [-0.4, -0.2) is 60.7 Å². The third-order valence-corrected chi connectivity index (χ3v) is 6.12. The molecule has 1 amide bonds. The van der Waals surface area contributed by atoms with Crippen molar-refractivity contribution in [2.24, 2.45) is 0 Å². The van der Waals surface area contributed by atoms with Crippen molar-refractivity contribution in [3.63, 3.8) is 0 Å². The maximum absolute atomic E-state index is 13.0. The second kappa shape index (κ2) is 8.38. The molecule has 0 aromatic heterocycles. The third kappa shape index (κ3) is 3.67. The van der Waals surface area contributed by atoms with Crippen LogP contribution in [0, 0.1) is 11.3 Å². The summed E-state index contributed by atoms with van der Waals surface area (Å²) in [5, 5.41) is 20.4. The minimum Gasteiger partial charge on any atom is -0.496 e. The first-order chi connectivity index (χ1) is 13.5. The van der Waals surface area contributed by atoms with E-state index >= 15 is 0 Å². The highest BCUT2D eigenvalue weighted by atomic mass is 16.5. The highest BCUT2D eigenvalue weighted by Gasteiger charge is 2.40. The van der Waals surface area contributed by atoms with E-state index in [0.29, 0.717) is 24.6 Å². The quantitative estimate of drug-likeness (QED) is 0.834. The molecule has 3 rings (SSSR count). The summed E-state index contributed by atoms with van der Waals surface area (Å²) in [7, 11) is 4.89. The predicted molar refractivity (Wildman–Crippen MR) is 104 cm³/mol. The van der Waals surface area contributed by atoms with Gasteiger partial charge in [-0.2, -0.15) is 5.26 Å². The van der Waals surface area contributed by atoms with Crippen LogP contribution in [-0.2, 0) is 11.3 Å². The summed E-state index contributed by atoms with van der Waals surface area (Å²) in [4.78, 5) is 16.5.